The minimum atomic E-state index is -1.23. The van der Waals surface area contributed by atoms with Crippen LogP contribution in [-0.2, 0) is 7.05 Å². The minimum absolute atomic E-state index is 0.225. The van der Waals surface area contributed by atoms with Crippen molar-refractivity contribution < 1.29 is 9.90 Å². The molecule has 7 heteroatoms. The number of nitrogens with zero attached hydrogens (tertiary/aromatic N) is 4. The highest BCUT2D eigenvalue weighted by Crippen LogP contribution is 2.14. The van der Waals surface area contributed by atoms with Crippen LogP contribution in [0.3, 0.4) is 0 Å². The SMILES string of the molecule is Cc1ccn(-c2ccc3nn(C)nc3c2)c(=O)c1C(=O)O. The lowest BCUT2D eigenvalue weighted by molar-refractivity contribution is 0.0694. The van der Waals surface area contributed by atoms with Crippen molar-refractivity contribution in [2.24, 2.45) is 7.05 Å². The summed E-state index contributed by atoms with van der Waals surface area (Å²) in [6.45, 7) is 1.60. The van der Waals surface area contributed by atoms with Crippen molar-refractivity contribution in [3.8, 4) is 5.69 Å². The third-order valence-electron chi connectivity index (χ3n) is 3.26. The second-order valence-electron chi connectivity index (χ2n) is 4.72. The summed E-state index contributed by atoms with van der Waals surface area (Å²) >= 11 is 0. The predicted octanol–water partition coefficient (Wildman–Crippen LogP) is 1.13. The topological polar surface area (TPSA) is 90.0 Å². The van der Waals surface area contributed by atoms with Crippen LogP contribution in [-0.4, -0.2) is 30.6 Å². The minimum Gasteiger partial charge on any atom is -0.477 e. The van der Waals surface area contributed by atoms with Gasteiger partial charge in [0.15, 0.2) is 0 Å². The van der Waals surface area contributed by atoms with Crippen molar-refractivity contribution in [2.75, 3.05) is 0 Å². The smallest absolute Gasteiger partial charge is 0.341 e. The van der Waals surface area contributed by atoms with Gasteiger partial charge in [0.25, 0.3) is 5.56 Å². The molecule has 106 valence electrons. The normalized spacial score (nSPS) is 11.0. The Morgan fingerprint density at radius 3 is 2.62 bits per heavy atom. The van der Waals surface area contributed by atoms with Crippen molar-refractivity contribution in [1.82, 2.24) is 19.6 Å². The van der Waals surface area contributed by atoms with Crippen molar-refractivity contribution in [3.05, 3.63) is 51.9 Å². The van der Waals surface area contributed by atoms with E-state index in [4.69, 9.17) is 5.11 Å². The standard InChI is InChI=1S/C14H12N4O3/c1-8-5-6-18(13(19)12(8)14(20)21)9-3-4-10-11(7-9)16-17(2)15-10/h3-7H,1-2H3,(H,20,21). The number of hydrogen-bond donors (Lipinski definition) is 1. The van der Waals surface area contributed by atoms with Gasteiger partial charge in [-0.3, -0.25) is 9.36 Å². The Morgan fingerprint density at radius 2 is 1.90 bits per heavy atom. The molecule has 0 aliphatic rings. The highest BCUT2D eigenvalue weighted by molar-refractivity contribution is 5.89. The second kappa shape index (κ2) is 4.55. The molecule has 2 heterocycles. The van der Waals surface area contributed by atoms with Crippen molar-refractivity contribution >= 4 is 17.0 Å². The Hall–Kier alpha value is -2.96. The van der Waals surface area contributed by atoms with Crippen LogP contribution in [0.2, 0.25) is 0 Å². The number of aryl methyl sites for hydroxylation is 2. The summed E-state index contributed by atoms with van der Waals surface area (Å²) in [6.07, 6.45) is 1.56. The molecule has 2 aromatic heterocycles. The van der Waals surface area contributed by atoms with Crippen LogP contribution in [0.4, 0.5) is 0 Å². The molecule has 0 saturated heterocycles. The summed E-state index contributed by atoms with van der Waals surface area (Å²) in [5, 5.41) is 17.5. The maximum Gasteiger partial charge on any atom is 0.341 e. The Bertz CT molecular complexity index is 924. The number of carbonyl (C=O) groups is 1. The zero-order valence-corrected chi connectivity index (χ0v) is 11.4. The lowest BCUT2D eigenvalue weighted by Crippen LogP contribution is -2.26. The van der Waals surface area contributed by atoms with E-state index in [0.29, 0.717) is 22.3 Å². The number of aromatic nitrogens is 4. The second-order valence-corrected chi connectivity index (χ2v) is 4.72. The molecule has 0 fully saturated rings. The molecular weight excluding hydrogens is 272 g/mol. The molecule has 0 unspecified atom stereocenters. The van der Waals surface area contributed by atoms with Gasteiger partial charge in [0.05, 0.1) is 5.69 Å². The van der Waals surface area contributed by atoms with Gasteiger partial charge < -0.3 is 5.11 Å². The summed E-state index contributed by atoms with van der Waals surface area (Å²) in [5.74, 6) is -1.23. The number of carboxylic acids is 1. The van der Waals surface area contributed by atoms with Crippen LogP contribution >= 0.6 is 0 Å². The zero-order valence-electron chi connectivity index (χ0n) is 11.4. The molecule has 7 nitrogen and oxygen atoms in total. The Balaban J connectivity index is 2.25. The Morgan fingerprint density at radius 1 is 1.19 bits per heavy atom. The first-order valence-electron chi connectivity index (χ1n) is 6.24. The van der Waals surface area contributed by atoms with E-state index in [1.54, 1.807) is 44.4 Å². The number of fused-ring (bicyclic) bond motifs is 1. The van der Waals surface area contributed by atoms with E-state index in [1.807, 2.05) is 0 Å². The first-order valence-corrected chi connectivity index (χ1v) is 6.24. The quantitative estimate of drug-likeness (QED) is 0.761. The molecular formula is C14H12N4O3. The number of hydrogen-bond acceptors (Lipinski definition) is 4. The summed E-state index contributed by atoms with van der Waals surface area (Å²) in [7, 11) is 1.71. The highest BCUT2D eigenvalue weighted by atomic mass is 16.4. The van der Waals surface area contributed by atoms with Crippen molar-refractivity contribution in [2.45, 2.75) is 6.92 Å². The monoisotopic (exact) mass is 284 g/mol. The fourth-order valence-corrected chi connectivity index (χ4v) is 2.25. The molecule has 3 aromatic rings. The van der Waals surface area contributed by atoms with Crippen LogP contribution in [0.15, 0.2) is 35.3 Å². The van der Waals surface area contributed by atoms with Gasteiger partial charge in [0.1, 0.15) is 16.6 Å². The highest BCUT2D eigenvalue weighted by Gasteiger charge is 2.15. The average molecular weight is 284 g/mol. The lowest BCUT2D eigenvalue weighted by Gasteiger charge is -2.08. The molecule has 0 spiro atoms. The van der Waals surface area contributed by atoms with Gasteiger partial charge in [-0.05, 0) is 36.8 Å². The van der Waals surface area contributed by atoms with Crippen molar-refractivity contribution in [3.63, 3.8) is 0 Å². The lowest BCUT2D eigenvalue weighted by atomic mass is 10.1. The molecule has 0 aliphatic carbocycles. The van der Waals surface area contributed by atoms with Gasteiger partial charge in [-0.15, -0.1) is 0 Å². The van der Waals surface area contributed by atoms with E-state index in [1.165, 1.54) is 9.36 Å². The molecule has 0 atom stereocenters. The molecule has 1 N–H and O–H groups in total. The van der Waals surface area contributed by atoms with E-state index in [2.05, 4.69) is 10.2 Å². The Kier molecular flexibility index (Phi) is 2.83. The Labute approximate surface area is 119 Å². The summed E-state index contributed by atoms with van der Waals surface area (Å²) in [5.41, 5.74) is 1.54. The van der Waals surface area contributed by atoms with E-state index in [9.17, 15) is 9.59 Å². The van der Waals surface area contributed by atoms with Gasteiger partial charge in [-0.1, -0.05) is 0 Å². The fourth-order valence-electron chi connectivity index (χ4n) is 2.25. The largest absolute Gasteiger partial charge is 0.477 e. The number of aromatic carboxylic acids is 1. The van der Waals surface area contributed by atoms with Gasteiger partial charge >= 0.3 is 5.97 Å². The van der Waals surface area contributed by atoms with Gasteiger partial charge in [0, 0.05) is 13.2 Å². The molecule has 0 aliphatic heterocycles. The third-order valence-corrected chi connectivity index (χ3v) is 3.26. The van der Waals surface area contributed by atoms with Gasteiger partial charge in [-0.25, -0.2) is 4.79 Å². The van der Waals surface area contributed by atoms with Crippen molar-refractivity contribution in [1.29, 1.82) is 0 Å². The van der Waals surface area contributed by atoms with Gasteiger partial charge in [0.2, 0.25) is 0 Å². The maximum atomic E-state index is 12.3. The number of benzene rings is 1. The first-order chi connectivity index (χ1) is 9.97. The predicted molar refractivity (Wildman–Crippen MR) is 75.8 cm³/mol. The van der Waals surface area contributed by atoms with E-state index < -0.39 is 11.5 Å². The average Bonchev–Trinajstić information content (AvgIpc) is 2.77. The summed E-state index contributed by atoms with van der Waals surface area (Å²) < 4.78 is 1.30. The van der Waals surface area contributed by atoms with E-state index in [0.717, 1.165) is 0 Å². The summed E-state index contributed by atoms with van der Waals surface area (Å²) in [4.78, 5) is 25.0. The fraction of sp³-hybridized carbons (Fsp3) is 0.143. The molecule has 0 radical (unpaired) electrons. The third kappa shape index (κ3) is 2.08. The molecule has 1 aromatic carbocycles. The number of pyridine rings is 1. The molecule has 3 rings (SSSR count). The first kappa shape index (κ1) is 13.0. The molecule has 21 heavy (non-hydrogen) atoms. The van der Waals surface area contributed by atoms with E-state index >= 15 is 0 Å². The van der Waals surface area contributed by atoms with Crippen LogP contribution < -0.4 is 5.56 Å². The molecule has 0 saturated carbocycles. The molecule has 0 amide bonds. The van der Waals surface area contributed by atoms with Crippen LogP contribution in [0.5, 0.6) is 0 Å². The van der Waals surface area contributed by atoms with Crippen LogP contribution in [0, 0.1) is 6.92 Å². The number of rotatable bonds is 2. The molecule has 0 bridgehead atoms. The number of carboxylic acid groups (broad SMARTS) is 1. The van der Waals surface area contributed by atoms with Crippen LogP contribution in [0.1, 0.15) is 15.9 Å². The van der Waals surface area contributed by atoms with E-state index in [-0.39, 0.29) is 5.56 Å². The summed E-state index contributed by atoms with van der Waals surface area (Å²) in [6, 6.07) is 6.75. The maximum absolute atomic E-state index is 12.3. The van der Waals surface area contributed by atoms with Crippen LogP contribution in [0.25, 0.3) is 16.7 Å². The van der Waals surface area contributed by atoms with Gasteiger partial charge in [-0.2, -0.15) is 15.0 Å². The zero-order chi connectivity index (χ0) is 15.1.